The van der Waals surface area contributed by atoms with Crippen LogP contribution in [0.15, 0.2) is 15.9 Å². The first kappa shape index (κ1) is 8.31. The molecule has 0 amide bonds. The minimum atomic E-state index is -0.549. The number of fused-ring (bicyclic) bond motifs is 1. The first-order chi connectivity index (χ1) is 6.74. The Labute approximate surface area is 77.6 Å². The van der Waals surface area contributed by atoms with Crippen LogP contribution in [-0.4, -0.2) is 19.5 Å². The zero-order valence-corrected chi connectivity index (χ0v) is 7.07. The Morgan fingerprint density at radius 3 is 3.07 bits per heavy atom. The highest BCUT2D eigenvalue weighted by atomic mass is 16.2. The topological polar surface area (TPSA) is 83.5 Å². The molecule has 0 bridgehead atoms. The van der Waals surface area contributed by atoms with Crippen molar-refractivity contribution in [1.29, 1.82) is 0 Å². The molecule has 2 heterocycles. The van der Waals surface area contributed by atoms with Gasteiger partial charge in [-0.25, -0.2) is 9.78 Å². The molecule has 2 N–H and O–H groups in total. The predicted octanol–water partition coefficient (Wildman–Crippen LogP) is -0.954. The maximum Gasteiger partial charge on any atom is 0.330 e. The van der Waals surface area contributed by atoms with E-state index in [2.05, 4.69) is 20.9 Å². The lowest BCUT2D eigenvalue weighted by Crippen LogP contribution is -2.30. The van der Waals surface area contributed by atoms with Gasteiger partial charge in [-0.15, -0.1) is 6.42 Å². The van der Waals surface area contributed by atoms with Crippen molar-refractivity contribution in [2.45, 2.75) is 6.54 Å². The third-order valence-corrected chi connectivity index (χ3v) is 1.82. The van der Waals surface area contributed by atoms with Gasteiger partial charge in [0.1, 0.15) is 5.52 Å². The van der Waals surface area contributed by atoms with Gasteiger partial charge in [0.25, 0.3) is 5.56 Å². The second kappa shape index (κ2) is 2.88. The molecule has 2 rings (SSSR count). The van der Waals surface area contributed by atoms with Crippen LogP contribution >= 0.6 is 0 Å². The van der Waals surface area contributed by atoms with Gasteiger partial charge in [0.05, 0.1) is 12.9 Å². The summed E-state index contributed by atoms with van der Waals surface area (Å²) in [7, 11) is 0. The van der Waals surface area contributed by atoms with Crippen LogP contribution in [0.1, 0.15) is 0 Å². The Morgan fingerprint density at radius 2 is 2.36 bits per heavy atom. The molecular formula is C8H6N4O2. The molecule has 0 unspecified atom stereocenters. The minimum Gasteiger partial charge on any atom is -0.339 e. The first-order valence-electron chi connectivity index (χ1n) is 3.83. The lowest BCUT2D eigenvalue weighted by atomic mass is 10.5. The number of nitrogens with zero attached hydrogens (tertiary/aromatic N) is 2. The summed E-state index contributed by atoms with van der Waals surface area (Å²) in [4.78, 5) is 31.1. The number of rotatable bonds is 1. The van der Waals surface area contributed by atoms with E-state index < -0.39 is 11.2 Å². The standard InChI is InChI=1S/C8H6N4O2/c1-2-3-12-6-5(9-4-10-6)7(13)11-8(12)14/h1,4H,3H2,(H,9,10)(H,11,13,14). The summed E-state index contributed by atoms with van der Waals surface area (Å²) in [5.41, 5.74) is -0.514. The van der Waals surface area contributed by atoms with Crippen molar-refractivity contribution in [3.05, 3.63) is 27.2 Å². The molecule has 0 saturated carbocycles. The molecular weight excluding hydrogens is 184 g/mol. The Morgan fingerprint density at radius 1 is 1.57 bits per heavy atom. The molecule has 0 saturated heterocycles. The zero-order valence-electron chi connectivity index (χ0n) is 7.07. The molecule has 0 aliphatic rings. The van der Waals surface area contributed by atoms with E-state index in [1.165, 1.54) is 10.9 Å². The number of aromatic amines is 2. The molecule has 0 atom stereocenters. The second-order valence-corrected chi connectivity index (χ2v) is 2.65. The van der Waals surface area contributed by atoms with Crippen molar-refractivity contribution in [1.82, 2.24) is 19.5 Å². The van der Waals surface area contributed by atoms with Crippen molar-refractivity contribution >= 4 is 11.2 Å². The van der Waals surface area contributed by atoms with Crippen molar-refractivity contribution in [3.8, 4) is 12.3 Å². The van der Waals surface area contributed by atoms with Crippen LogP contribution < -0.4 is 11.2 Å². The fourth-order valence-corrected chi connectivity index (χ4v) is 1.22. The fourth-order valence-electron chi connectivity index (χ4n) is 1.22. The molecule has 0 fully saturated rings. The summed E-state index contributed by atoms with van der Waals surface area (Å²) >= 11 is 0. The van der Waals surface area contributed by atoms with Gasteiger partial charge in [-0.3, -0.25) is 14.3 Å². The van der Waals surface area contributed by atoms with Crippen LogP contribution in [0.4, 0.5) is 0 Å². The first-order valence-corrected chi connectivity index (χ1v) is 3.83. The minimum absolute atomic E-state index is 0.0803. The number of hydrogen-bond acceptors (Lipinski definition) is 3. The van der Waals surface area contributed by atoms with E-state index >= 15 is 0 Å². The predicted molar refractivity (Wildman–Crippen MR) is 49.8 cm³/mol. The number of nitrogens with one attached hydrogen (secondary N) is 2. The molecule has 14 heavy (non-hydrogen) atoms. The van der Waals surface area contributed by atoms with Gasteiger partial charge >= 0.3 is 5.69 Å². The van der Waals surface area contributed by atoms with Crippen molar-refractivity contribution in [2.75, 3.05) is 0 Å². The lowest BCUT2D eigenvalue weighted by molar-refractivity contribution is 0.780. The second-order valence-electron chi connectivity index (χ2n) is 2.65. The van der Waals surface area contributed by atoms with E-state index in [0.29, 0.717) is 0 Å². The highest BCUT2D eigenvalue weighted by molar-refractivity contribution is 5.68. The molecule has 0 spiro atoms. The summed E-state index contributed by atoms with van der Waals surface area (Å²) in [6.45, 7) is 0.0803. The number of aromatic nitrogens is 4. The highest BCUT2D eigenvalue weighted by Crippen LogP contribution is 1.98. The van der Waals surface area contributed by atoms with E-state index in [-0.39, 0.29) is 17.7 Å². The van der Waals surface area contributed by atoms with E-state index in [1.54, 1.807) is 0 Å². The maximum absolute atomic E-state index is 11.3. The third kappa shape index (κ3) is 1.03. The van der Waals surface area contributed by atoms with Crippen LogP contribution in [0.25, 0.3) is 11.2 Å². The smallest absolute Gasteiger partial charge is 0.330 e. The van der Waals surface area contributed by atoms with Crippen LogP contribution in [-0.2, 0) is 6.54 Å². The largest absolute Gasteiger partial charge is 0.339 e. The quantitative estimate of drug-likeness (QED) is 0.568. The Kier molecular flexibility index (Phi) is 1.71. The van der Waals surface area contributed by atoms with Gasteiger partial charge in [-0.1, -0.05) is 5.92 Å². The summed E-state index contributed by atoms with van der Waals surface area (Å²) in [6.07, 6.45) is 6.43. The summed E-state index contributed by atoms with van der Waals surface area (Å²) < 4.78 is 1.22. The number of terminal acetylenes is 1. The van der Waals surface area contributed by atoms with Crippen LogP contribution in [0, 0.1) is 12.3 Å². The average Bonchev–Trinajstić information content (AvgIpc) is 2.60. The monoisotopic (exact) mass is 190 g/mol. The molecule has 0 aromatic carbocycles. The molecule has 0 aliphatic carbocycles. The molecule has 2 aromatic heterocycles. The van der Waals surface area contributed by atoms with Gasteiger partial charge < -0.3 is 4.98 Å². The fraction of sp³-hybridized carbons (Fsp3) is 0.125. The molecule has 0 radical (unpaired) electrons. The molecule has 6 heteroatoms. The van der Waals surface area contributed by atoms with E-state index in [9.17, 15) is 9.59 Å². The Bertz CT molecular complexity index is 625. The zero-order chi connectivity index (χ0) is 10.1. The molecule has 70 valence electrons. The van der Waals surface area contributed by atoms with Gasteiger partial charge in [0, 0.05) is 0 Å². The van der Waals surface area contributed by atoms with Crippen LogP contribution in [0.5, 0.6) is 0 Å². The van der Waals surface area contributed by atoms with Crippen molar-refractivity contribution in [2.24, 2.45) is 0 Å². The van der Waals surface area contributed by atoms with E-state index in [1.807, 2.05) is 0 Å². The van der Waals surface area contributed by atoms with Gasteiger partial charge in [0.15, 0.2) is 5.65 Å². The molecule has 6 nitrogen and oxygen atoms in total. The van der Waals surface area contributed by atoms with E-state index in [0.717, 1.165) is 0 Å². The van der Waals surface area contributed by atoms with Crippen molar-refractivity contribution in [3.63, 3.8) is 0 Å². The molecule has 0 aliphatic heterocycles. The van der Waals surface area contributed by atoms with Crippen LogP contribution in [0.2, 0.25) is 0 Å². The van der Waals surface area contributed by atoms with Crippen LogP contribution in [0.3, 0.4) is 0 Å². The van der Waals surface area contributed by atoms with Gasteiger partial charge in [-0.2, -0.15) is 0 Å². The number of hydrogen-bond donors (Lipinski definition) is 2. The highest BCUT2D eigenvalue weighted by Gasteiger charge is 2.07. The SMILES string of the molecule is C#CCn1c(=O)[nH]c(=O)c2[nH]cnc21. The van der Waals surface area contributed by atoms with E-state index in [4.69, 9.17) is 6.42 Å². The third-order valence-electron chi connectivity index (χ3n) is 1.82. The number of imidazole rings is 1. The Hall–Kier alpha value is -2.29. The normalized spacial score (nSPS) is 10.2. The summed E-state index contributed by atoms with van der Waals surface area (Å²) in [5, 5.41) is 0. The maximum atomic E-state index is 11.3. The molecule has 2 aromatic rings. The van der Waals surface area contributed by atoms with Crippen molar-refractivity contribution < 1.29 is 0 Å². The van der Waals surface area contributed by atoms with Gasteiger partial charge in [0.2, 0.25) is 0 Å². The Balaban J connectivity index is 2.95. The summed E-state index contributed by atoms with van der Waals surface area (Å²) in [5.74, 6) is 2.31. The average molecular weight is 190 g/mol. The number of H-pyrrole nitrogens is 2. The summed E-state index contributed by atoms with van der Waals surface area (Å²) in [6, 6.07) is 0. The lowest BCUT2D eigenvalue weighted by Gasteiger charge is -1.99. The van der Waals surface area contributed by atoms with Gasteiger partial charge in [-0.05, 0) is 0 Å².